The first-order chi connectivity index (χ1) is 14.4. The number of hydrogen-bond acceptors (Lipinski definition) is 5. The highest BCUT2D eigenvalue weighted by atomic mass is 32.2. The van der Waals surface area contributed by atoms with Crippen LogP contribution in [0, 0.1) is 0 Å². The van der Waals surface area contributed by atoms with E-state index >= 15 is 0 Å². The van der Waals surface area contributed by atoms with Gasteiger partial charge in [0.05, 0.1) is 5.75 Å². The van der Waals surface area contributed by atoms with E-state index in [0.717, 1.165) is 39.9 Å². The van der Waals surface area contributed by atoms with E-state index in [0.29, 0.717) is 11.8 Å². The van der Waals surface area contributed by atoms with E-state index in [1.54, 1.807) is 12.4 Å². The van der Waals surface area contributed by atoms with Crippen molar-refractivity contribution in [2.45, 2.75) is 58.2 Å². The van der Waals surface area contributed by atoms with Crippen molar-refractivity contribution in [1.29, 1.82) is 0 Å². The molecule has 158 valence electrons. The molecule has 6 nitrogen and oxygen atoms in total. The molecule has 30 heavy (non-hydrogen) atoms. The molecule has 0 aliphatic carbocycles. The van der Waals surface area contributed by atoms with Crippen LogP contribution >= 0.6 is 11.8 Å². The second-order valence-electron chi connectivity index (χ2n) is 7.75. The van der Waals surface area contributed by atoms with Crippen LogP contribution in [0.4, 0.5) is 5.69 Å². The standard InChI is InChI=1S/C23H29N5OS/c1-6-28-22(17-9-8-12-24-13-17)26-27-23(28)30-14-20(29)25-21-18(15(2)3)10-7-11-19(21)16(4)5/h7-13,15-16H,6,14H2,1-5H3,(H,25,29). The first-order valence-corrected chi connectivity index (χ1v) is 11.3. The molecule has 2 aromatic heterocycles. The minimum absolute atomic E-state index is 0.0384. The monoisotopic (exact) mass is 423 g/mol. The van der Waals surface area contributed by atoms with Crippen molar-refractivity contribution < 1.29 is 4.79 Å². The Kier molecular flexibility index (Phi) is 7.26. The van der Waals surface area contributed by atoms with E-state index in [1.807, 2.05) is 23.6 Å². The molecule has 3 rings (SSSR count). The molecule has 1 N–H and O–H groups in total. The number of carbonyl (C=O) groups excluding carboxylic acids is 1. The Morgan fingerprint density at radius 1 is 1.07 bits per heavy atom. The van der Waals surface area contributed by atoms with E-state index < -0.39 is 0 Å². The van der Waals surface area contributed by atoms with Gasteiger partial charge in [-0.05, 0) is 42.0 Å². The van der Waals surface area contributed by atoms with Crippen LogP contribution in [0.1, 0.15) is 57.6 Å². The summed E-state index contributed by atoms with van der Waals surface area (Å²) in [6.45, 7) is 11.3. The van der Waals surface area contributed by atoms with Crippen LogP contribution in [0.25, 0.3) is 11.4 Å². The predicted octanol–water partition coefficient (Wildman–Crippen LogP) is 5.34. The molecule has 2 heterocycles. The topological polar surface area (TPSA) is 72.7 Å². The molecule has 0 bridgehead atoms. The third-order valence-electron chi connectivity index (χ3n) is 4.92. The number of pyridine rings is 1. The lowest BCUT2D eigenvalue weighted by atomic mass is 9.92. The van der Waals surface area contributed by atoms with Gasteiger partial charge in [-0.25, -0.2) is 0 Å². The average molecular weight is 424 g/mol. The van der Waals surface area contributed by atoms with Gasteiger partial charge in [0, 0.05) is 30.2 Å². The molecule has 0 atom stereocenters. The summed E-state index contributed by atoms with van der Waals surface area (Å²) in [5.74, 6) is 1.66. The number of para-hydroxylation sites is 1. The van der Waals surface area contributed by atoms with Crippen LogP contribution < -0.4 is 5.32 Å². The Hall–Kier alpha value is -2.67. The largest absolute Gasteiger partial charge is 0.325 e. The van der Waals surface area contributed by atoms with Crippen LogP contribution in [-0.2, 0) is 11.3 Å². The third kappa shape index (κ3) is 4.90. The summed E-state index contributed by atoms with van der Waals surface area (Å²) < 4.78 is 2.01. The lowest BCUT2D eigenvalue weighted by Crippen LogP contribution is -2.18. The minimum Gasteiger partial charge on any atom is -0.325 e. The zero-order valence-corrected chi connectivity index (χ0v) is 19.0. The quantitative estimate of drug-likeness (QED) is 0.495. The Morgan fingerprint density at radius 2 is 1.77 bits per heavy atom. The molecule has 0 saturated carbocycles. The van der Waals surface area contributed by atoms with Gasteiger partial charge in [-0.1, -0.05) is 57.7 Å². The highest BCUT2D eigenvalue weighted by Crippen LogP contribution is 2.32. The van der Waals surface area contributed by atoms with Crippen molar-refractivity contribution in [1.82, 2.24) is 19.7 Å². The SMILES string of the molecule is CCn1c(SCC(=O)Nc2c(C(C)C)cccc2C(C)C)nnc1-c1cccnc1. The number of rotatable bonds is 8. The molecule has 7 heteroatoms. The molecular formula is C23H29N5OS. The summed E-state index contributed by atoms with van der Waals surface area (Å²) in [7, 11) is 0. The number of thioether (sulfide) groups is 1. The van der Waals surface area contributed by atoms with Gasteiger partial charge in [-0.2, -0.15) is 0 Å². The van der Waals surface area contributed by atoms with Crippen LogP contribution in [0.2, 0.25) is 0 Å². The van der Waals surface area contributed by atoms with Crippen LogP contribution in [-0.4, -0.2) is 31.4 Å². The number of benzene rings is 1. The average Bonchev–Trinajstić information content (AvgIpc) is 3.15. The van der Waals surface area contributed by atoms with Crippen molar-refractivity contribution in [3.05, 3.63) is 53.9 Å². The van der Waals surface area contributed by atoms with E-state index in [1.165, 1.54) is 11.8 Å². The van der Waals surface area contributed by atoms with E-state index in [-0.39, 0.29) is 11.7 Å². The number of carbonyl (C=O) groups is 1. The van der Waals surface area contributed by atoms with Gasteiger partial charge in [0.2, 0.25) is 5.91 Å². The molecule has 0 saturated heterocycles. The van der Waals surface area contributed by atoms with Crippen molar-refractivity contribution in [2.24, 2.45) is 0 Å². The minimum atomic E-state index is -0.0384. The van der Waals surface area contributed by atoms with E-state index in [9.17, 15) is 4.79 Å². The smallest absolute Gasteiger partial charge is 0.234 e. The molecule has 1 amide bonds. The van der Waals surface area contributed by atoms with Gasteiger partial charge in [-0.3, -0.25) is 9.78 Å². The number of nitrogens with zero attached hydrogens (tertiary/aromatic N) is 4. The fourth-order valence-electron chi connectivity index (χ4n) is 3.39. The molecule has 0 aliphatic heterocycles. The Labute approximate surface area is 182 Å². The molecule has 0 spiro atoms. The maximum atomic E-state index is 12.8. The van der Waals surface area contributed by atoms with Gasteiger partial charge in [0.25, 0.3) is 0 Å². The van der Waals surface area contributed by atoms with Gasteiger partial charge in [-0.15, -0.1) is 10.2 Å². The van der Waals surface area contributed by atoms with Gasteiger partial charge in [0.15, 0.2) is 11.0 Å². The summed E-state index contributed by atoms with van der Waals surface area (Å²) >= 11 is 1.40. The first-order valence-electron chi connectivity index (χ1n) is 10.3. The summed E-state index contributed by atoms with van der Waals surface area (Å²) in [4.78, 5) is 17.0. The summed E-state index contributed by atoms with van der Waals surface area (Å²) in [5, 5.41) is 12.5. The lowest BCUT2D eigenvalue weighted by molar-refractivity contribution is -0.113. The van der Waals surface area contributed by atoms with Crippen molar-refractivity contribution >= 4 is 23.4 Å². The maximum Gasteiger partial charge on any atom is 0.234 e. The van der Waals surface area contributed by atoms with E-state index in [4.69, 9.17) is 0 Å². The van der Waals surface area contributed by atoms with Gasteiger partial charge < -0.3 is 9.88 Å². The number of aromatic nitrogens is 4. The highest BCUT2D eigenvalue weighted by Gasteiger charge is 2.18. The molecular weight excluding hydrogens is 394 g/mol. The third-order valence-corrected chi connectivity index (χ3v) is 5.89. The fourth-order valence-corrected chi connectivity index (χ4v) is 4.19. The fraction of sp³-hybridized carbons (Fsp3) is 0.391. The second-order valence-corrected chi connectivity index (χ2v) is 8.69. The molecule has 0 radical (unpaired) electrons. The Balaban J connectivity index is 1.76. The molecule has 1 aromatic carbocycles. The predicted molar refractivity (Wildman–Crippen MR) is 123 cm³/mol. The summed E-state index contributed by atoms with van der Waals surface area (Å²) in [6, 6.07) is 10.1. The normalized spacial score (nSPS) is 11.3. The summed E-state index contributed by atoms with van der Waals surface area (Å²) in [5.41, 5.74) is 4.18. The highest BCUT2D eigenvalue weighted by molar-refractivity contribution is 7.99. The molecule has 3 aromatic rings. The Morgan fingerprint density at radius 3 is 2.33 bits per heavy atom. The van der Waals surface area contributed by atoms with Crippen molar-refractivity contribution in [3.63, 3.8) is 0 Å². The number of nitrogens with one attached hydrogen (secondary N) is 1. The van der Waals surface area contributed by atoms with Crippen LogP contribution in [0.5, 0.6) is 0 Å². The number of hydrogen-bond donors (Lipinski definition) is 1. The summed E-state index contributed by atoms with van der Waals surface area (Å²) in [6.07, 6.45) is 3.50. The molecule has 0 aliphatic rings. The van der Waals surface area contributed by atoms with Gasteiger partial charge in [0.1, 0.15) is 0 Å². The maximum absolute atomic E-state index is 12.8. The zero-order valence-electron chi connectivity index (χ0n) is 18.2. The molecule has 0 fully saturated rings. The number of anilines is 1. The second kappa shape index (κ2) is 9.89. The van der Waals surface area contributed by atoms with Crippen molar-refractivity contribution in [3.8, 4) is 11.4 Å². The zero-order chi connectivity index (χ0) is 21.7. The van der Waals surface area contributed by atoms with Gasteiger partial charge >= 0.3 is 0 Å². The van der Waals surface area contributed by atoms with Crippen LogP contribution in [0.15, 0.2) is 47.9 Å². The molecule has 0 unspecified atom stereocenters. The number of amides is 1. The van der Waals surface area contributed by atoms with E-state index in [2.05, 4.69) is 66.4 Å². The van der Waals surface area contributed by atoms with Crippen molar-refractivity contribution in [2.75, 3.05) is 11.1 Å². The Bertz CT molecular complexity index is 972. The lowest BCUT2D eigenvalue weighted by Gasteiger charge is -2.20. The first kappa shape index (κ1) is 22.0. The van der Waals surface area contributed by atoms with Crippen LogP contribution in [0.3, 0.4) is 0 Å².